The predicted octanol–water partition coefficient (Wildman–Crippen LogP) is 2.15. The van der Waals surface area contributed by atoms with Crippen LogP contribution in [0.5, 0.6) is 0 Å². The molecule has 0 heterocycles. The molecule has 0 aliphatic heterocycles. The van der Waals surface area contributed by atoms with E-state index in [1.54, 1.807) is 0 Å². The van der Waals surface area contributed by atoms with Crippen molar-refractivity contribution < 1.29 is 15.0 Å². The van der Waals surface area contributed by atoms with Crippen LogP contribution in [-0.2, 0) is 6.42 Å². The standard InChI is InChI=1S/C18H27N3O3/c1-18(2,9-6-10-19)13-20-12-16(22)15(21-17(23)24)11-14-7-4-3-5-8-14/h3-5,7-8,15-16,20-22H,6,9,11-13H2,1-2H3,(H,23,24)/t15-,16-/m0/s1. The zero-order chi connectivity index (χ0) is 18.0. The molecule has 1 amide bonds. The maximum atomic E-state index is 11.0. The van der Waals surface area contributed by atoms with Gasteiger partial charge in [-0.25, -0.2) is 4.79 Å². The number of nitrogens with one attached hydrogen (secondary N) is 2. The Kier molecular flexibility index (Phi) is 8.24. The molecule has 1 aromatic carbocycles. The van der Waals surface area contributed by atoms with Gasteiger partial charge in [-0.05, 0) is 23.8 Å². The van der Waals surface area contributed by atoms with E-state index in [9.17, 15) is 9.90 Å². The van der Waals surface area contributed by atoms with E-state index < -0.39 is 18.2 Å². The number of amides is 1. The van der Waals surface area contributed by atoms with E-state index in [-0.39, 0.29) is 12.0 Å². The Morgan fingerprint density at radius 2 is 2.00 bits per heavy atom. The summed E-state index contributed by atoms with van der Waals surface area (Å²) in [4.78, 5) is 11.0. The molecule has 24 heavy (non-hydrogen) atoms. The van der Waals surface area contributed by atoms with Crippen LogP contribution < -0.4 is 10.6 Å². The number of aliphatic hydroxyl groups is 1. The molecular weight excluding hydrogens is 306 g/mol. The van der Waals surface area contributed by atoms with Crippen molar-refractivity contribution in [2.45, 2.75) is 45.3 Å². The maximum absolute atomic E-state index is 11.0. The Labute approximate surface area is 143 Å². The lowest BCUT2D eigenvalue weighted by Gasteiger charge is -2.27. The first-order valence-electron chi connectivity index (χ1n) is 8.13. The van der Waals surface area contributed by atoms with Crippen molar-refractivity contribution in [3.05, 3.63) is 35.9 Å². The van der Waals surface area contributed by atoms with Crippen LogP contribution in [0.15, 0.2) is 30.3 Å². The number of hydrogen-bond donors (Lipinski definition) is 4. The molecule has 0 radical (unpaired) electrons. The molecule has 0 saturated heterocycles. The highest BCUT2D eigenvalue weighted by atomic mass is 16.4. The van der Waals surface area contributed by atoms with Crippen molar-refractivity contribution in [2.75, 3.05) is 13.1 Å². The van der Waals surface area contributed by atoms with Crippen molar-refractivity contribution in [3.63, 3.8) is 0 Å². The van der Waals surface area contributed by atoms with Gasteiger partial charge in [0.1, 0.15) is 0 Å². The second-order valence-corrected chi connectivity index (χ2v) is 6.77. The normalized spacial score (nSPS) is 13.8. The van der Waals surface area contributed by atoms with Crippen LogP contribution in [0.1, 0.15) is 32.3 Å². The minimum Gasteiger partial charge on any atom is -0.465 e. The third-order valence-corrected chi connectivity index (χ3v) is 3.94. The summed E-state index contributed by atoms with van der Waals surface area (Å²) in [5.41, 5.74) is 0.912. The highest BCUT2D eigenvalue weighted by Crippen LogP contribution is 2.20. The maximum Gasteiger partial charge on any atom is 0.404 e. The highest BCUT2D eigenvalue weighted by molar-refractivity contribution is 5.65. The number of aliphatic hydroxyl groups excluding tert-OH is 1. The van der Waals surface area contributed by atoms with E-state index >= 15 is 0 Å². The van der Waals surface area contributed by atoms with Crippen molar-refractivity contribution >= 4 is 6.09 Å². The average molecular weight is 333 g/mol. The first-order valence-corrected chi connectivity index (χ1v) is 8.13. The van der Waals surface area contributed by atoms with Gasteiger partial charge in [0, 0.05) is 19.5 Å². The lowest BCUT2D eigenvalue weighted by Crippen LogP contribution is -2.49. The SMILES string of the molecule is CC(C)(CCC#N)CNC[C@H](O)[C@H](Cc1ccccc1)NC(=O)O. The minimum atomic E-state index is -1.15. The van der Waals surface area contributed by atoms with Crippen LogP contribution in [0.2, 0.25) is 0 Å². The van der Waals surface area contributed by atoms with Crippen LogP contribution in [-0.4, -0.2) is 41.5 Å². The van der Waals surface area contributed by atoms with E-state index in [2.05, 4.69) is 30.6 Å². The summed E-state index contributed by atoms with van der Waals surface area (Å²) in [6.07, 6.45) is -0.298. The largest absolute Gasteiger partial charge is 0.465 e. The monoisotopic (exact) mass is 333 g/mol. The molecule has 0 aromatic heterocycles. The Bertz CT molecular complexity index is 540. The van der Waals surface area contributed by atoms with Gasteiger partial charge in [-0.15, -0.1) is 0 Å². The van der Waals surface area contributed by atoms with Crippen LogP contribution in [0.3, 0.4) is 0 Å². The first kappa shape index (κ1) is 19.9. The quantitative estimate of drug-likeness (QED) is 0.525. The molecular formula is C18H27N3O3. The molecule has 0 saturated carbocycles. The molecule has 132 valence electrons. The second kappa shape index (κ2) is 9.91. The molecule has 2 atom stereocenters. The molecule has 0 bridgehead atoms. The molecule has 0 aliphatic rings. The Morgan fingerprint density at radius 3 is 2.58 bits per heavy atom. The summed E-state index contributed by atoms with van der Waals surface area (Å²) in [7, 11) is 0. The zero-order valence-electron chi connectivity index (χ0n) is 14.3. The molecule has 1 aromatic rings. The fraction of sp³-hybridized carbons (Fsp3) is 0.556. The van der Waals surface area contributed by atoms with E-state index in [0.29, 0.717) is 19.4 Å². The summed E-state index contributed by atoms with van der Waals surface area (Å²) in [5, 5.41) is 33.6. The van der Waals surface area contributed by atoms with Crippen molar-refractivity contribution in [1.82, 2.24) is 10.6 Å². The molecule has 0 spiro atoms. The molecule has 4 N–H and O–H groups in total. The molecule has 0 unspecified atom stereocenters. The van der Waals surface area contributed by atoms with E-state index in [0.717, 1.165) is 12.0 Å². The smallest absolute Gasteiger partial charge is 0.404 e. The average Bonchev–Trinajstić information content (AvgIpc) is 2.52. The van der Waals surface area contributed by atoms with Gasteiger partial charge in [0.25, 0.3) is 0 Å². The second-order valence-electron chi connectivity index (χ2n) is 6.77. The van der Waals surface area contributed by atoms with E-state index in [4.69, 9.17) is 10.4 Å². The number of carboxylic acid groups (broad SMARTS) is 1. The van der Waals surface area contributed by atoms with E-state index in [1.807, 2.05) is 30.3 Å². The minimum absolute atomic E-state index is 0.0510. The number of nitriles is 1. The summed E-state index contributed by atoms with van der Waals surface area (Å²) < 4.78 is 0. The van der Waals surface area contributed by atoms with Crippen LogP contribution in [0.25, 0.3) is 0 Å². The van der Waals surface area contributed by atoms with Gasteiger partial charge < -0.3 is 20.8 Å². The van der Waals surface area contributed by atoms with E-state index in [1.165, 1.54) is 0 Å². The third-order valence-electron chi connectivity index (χ3n) is 3.94. The molecule has 0 aliphatic carbocycles. The lowest BCUT2D eigenvalue weighted by molar-refractivity contribution is 0.114. The lowest BCUT2D eigenvalue weighted by atomic mass is 9.88. The molecule has 1 rings (SSSR count). The summed E-state index contributed by atoms with van der Waals surface area (Å²) >= 11 is 0. The molecule has 0 fully saturated rings. The number of benzene rings is 1. The summed E-state index contributed by atoms with van der Waals surface area (Å²) in [6, 6.07) is 11.0. The number of nitrogens with zero attached hydrogens (tertiary/aromatic N) is 1. The van der Waals surface area contributed by atoms with Gasteiger partial charge in [0.2, 0.25) is 0 Å². The van der Waals surface area contributed by atoms with Gasteiger partial charge in [0.05, 0.1) is 18.2 Å². The fourth-order valence-electron chi connectivity index (χ4n) is 2.49. The number of carbonyl (C=O) groups is 1. The summed E-state index contributed by atoms with van der Waals surface area (Å²) in [6.45, 7) is 5.05. The van der Waals surface area contributed by atoms with Gasteiger partial charge in [-0.1, -0.05) is 44.2 Å². The first-order chi connectivity index (χ1) is 11.3. The van der Waals surface area contributed by atoms with Crippen molar-refractivity contribution in [2.24, 2.45) is 5.41 Å². The van der Waals surface area contributed by atoms with Crippen LogP contribution >= 0.6 is 0 Å². The van der Waals surface area contributed by atoms with Crippen molar-refractivity contribution in [3.8, 4) is 6.07 Å². The third kappa shape index (κ3) is 7.95. The summed E-state index contributed by atoms with van der Waals surface area (Å²) in [5.74, 6) is 0. The van der Waals surface area contributed by atoms with Gasteiger partial charge in [0.15, 0.2) is 0 Å². The highest BCUT2D eigenvalue weighted by Gasteiger charge is 2.23. The Balaban J connectivity index is 2.54. The van der Waals surface area contributed by atoms with Gasteiger partial charge in [-0.2, -0.15) is 5.26 Å². The molecule has 6 nitrogen and oxygen atoms in total. The Hall–Kier alpha value is -2.10. The predicted molar refractivity (Wildman–Crippen MR) is 92.6 cm³/mol. The topological polar surface area (TPSA) is 105 Å². The number of rotatable bonds is 10. The zero-order valence-corrected chi connectivity index (χ0v) is 14.3. The molecule has 6 heteroatoms. The Morgan fingerprint density at radius 1 is 1.33 bits per heavy atom. The fourth-order valence-corrected chi connectivity index (χ4v) is 2.49. The van der Waals surface area contributed by atoms with Crippen molar-refractivity contribution in [1.29, 1.82) is 5.26 Å². The number of hydrogen-bond acceptors (Lipinski definition) is 4. The van der Waals surface area contributed by atoms with Gasteiger partial charge >= 0.3 is 6.09 Å². The van der Waals surface area contributed by atoms with Crippen LogP contribution in [0, 0.1) is 16.7 Å². The van der Waals surface area contributed by atoms with Gasteiger partial charge in [-0.3, -0.25) is 0 Å². The van der Waals surface area contributed by atoms with Crippen LogP contribution in [0.4, 0.5) is 4.79 Å².